The van der Waals surface area contributed by atoms with E-state index in [1.54, 1.807) is 36.5 Å². The molecule has 0 radical (unpaired) electrons. The predicted molar refractivity (Wildman–Crippen MR) is 99.9 cm³/mol. The smallest absolute Gasteiger partial charge is 0.335 e. The number of thioether (sulfide) groups is 1. The van der Waals surface area contributed by atoms with E-state index in [1.807, 2.05) is 0 Å². The maximum atomic E-state index is 14.2. The Morgan fingerprint density at radius 1 is 1.22 bits per heavy atom. The van der Waals surface area contributed by atoms with Crippen molar-refractivity contribution in [2.24, 2.45) is 0 Å². The normalized spacial score (nSPS) is 16.3. The number of fused-ring (bicyclic) bond motifs is 1. The van der Waals surface area contributed by atoms with Crippen LogP contribution in [0.4, 0.5) is 10.2 Å². The van der Waals surface area contributed by atoms with Crippen molar-refractivity contribution in [2.45, 2.75) is 5.25 Å². The highest BCUT2D eigenvalue weighted by Crippen LogP contribution is 2.42. The van der Waals surface area contributed by atoms with Gasteiger partial charge in [-0.1, -0.05) is 24.3 Å². The van der Waals surface area contributed by atoms with E-state index in [1.165, 1.54) is 34.6 Å². The number of amides is 1. The summed E-state index contributed by atoms with van der Waals surface area (Å²) in [5.74, 6) is -1.01. The van der Waals surface area contributed by atoms with Crippen LogP contribution in [0.5, 0.6) is 0 Å². The molecule has 136 valence electrons. The maximum Gasteiger partial charge on any atom is 0.335 e. The average Bonchev–Trinajstić information content (AvgIpc) is 2.98. The number of aromatic nitrogens is 2. The van der Waals surface area contributed by atoms with Crippen LogP contribution in [-0.4, -0.2) is 32.5 Å². The first-order valence-corrected chi connectivity index (χ1v) is 9.17. The van der Waals surface area contributed by atoms with Crippen molar-refractivity contribution in [1.82, 2.24) is 9.78 Å². The van der Waals surface area contributed by atoms with Gasteiger partial charge in [0.05, 0.1) is 22.8 Å². The molecule has 4 rings (SSSR count). The summed E-state index contributed by atoms with van der Waals surface area (Å²) in [5.41, 5.74) is 2.01. The number of nitrogens with zero attached hydrogens (tertiary/aromatic N) is 2. The molecule has 27 heavy (non-hydrogen) atoms. The van der Waals surface area contributed by atoms with Gasteiger partial charge in [-0.05, 0) is 29.8 Å². The Balaban J connectivity index is 1.80. The first kappa shape index (κ1) is 17.3. The standard InChI is InChI=1S/C19H14FN3O3S/c20-14-3-1-2-4-15(14)23-18-13(9-21-23)17(27-10-16(24)22-18)11-5-7-12(8-6-11)19(25)26/h1-9,17H,10H2,(H,22,24)(H,25,26). The summed E-state index contributed by atoms with van der Waals surface area (Å²) in [5, 5.41) is 15.9. The van der Waals surface area contributed by atoms with Gasteiger partial charge in [-0.3, -0.25) is 4.79 Å². The van der Waals surface area contributed by atoms with Crippen molar-refractivity contribution in [3.8, 4) is 5.69 Å². The fraction of sp³-hybridized carbons (Fsp3) is 0.105. The summed E-state index contributed by atoms with van der Waals surface area (Å²) in [4.78, 5) is 23.3. The Hall–Kier alpha value is -3.13. The molecule has 0 saturated heterocycles. The Kier molecular flexibility index (Phi) is 4.41. The number of hydrogen-bond acceptors (Lipinski definition) is 4. The van der Waals surface area contributed by atoms with Crippen LogP contribution in [0.3, 0.4) is 0 Å². The molecule has 1 unspecified atom stereocenters. The zero-order valence-electron chi connectivity index (χ0n) is 13.9. The molecular formula is C19H14FN3O3S. The van der Waals surface area contributed by atoms with Crippen molar-refractivity contribution in [1.29, 1.82) is 0 Å². The minimum absolute atomic E-state index is 0.189. The first-order valence-electron chi connectivity index (χ1n) is 8.12. The highest BCUT2D eigenvalue weighted by Gasteiger charge is 2.28. The van der Waals surface area contributed by atoms with Crippen LogP contribution >= 0.6 is 11.8 Å². The molecular weight excluding hydrogens is 369 g/mol. The number of para-hydroxylation sites is 1. The first-order chi connectivity index (χ1) is 13.0. The average molecular weight is 383 g/mol. The summed E-state index contributed by atoms with van der Waals surface area (Å²) >= 11 is 1.41. The van der Waals surface area contributed by atoms with Crippen LogP contribution in [0.2, 0.25) is 0 Å². The molecule has 6 nitrogen and oxygen atoms in total. The second kappa shape index (κ2) is 6.88. The van der Waals surface area contributed by atoms with E-state index in [0.717, 1.165) is 11.1 Å². The lowest BCUT2D eigenvalue weighted by molar-refractivity contribution is -0.113. The number of hydrogen-bond donors (Lipinski definition) is 2. The van der Waals surface area contributed by atoms with Crippen molar-refractivity contribution >= 4 is 29.5 Å². The Morgan fingerprint density at radius 2 is 1.96 bits per heavy atom. The lowest BCUT2D eigenvalue weighted by Crippen LogP contribution is -2.16. The summed E-state index contributed by atoms with van der Waals surface area (Å²) in [6, 6.07) is 12.7. The van der Waals surface area contributed by atoms with Crippen LogP contribution < -0.4 is 5.32 Å². The van der Waals surface area contributed by atoms with E-state index in [2.05, 4.69) is 10.4 Å². The van der Waals surface area contributed by atoms with E-state index in [-0.39, 0.29) is 28.2 Å². The number of carbonyl (C=O) groups excluding carboxylic acids is 1. The van der Waals surface area contributed by atoms with Crippen LogP contribution in [0.15, 0.2) is 54.7 Å². The summed E-state index contributed by atoms with van der Waals surface area (Å²) in [6.45, 7) is 0. The van der Waals surface area contributed by atoms with Gasteiger partial charge in [0.2, 0.25) is 5.91 Å². The number of rotatable bonds is 3. The number of anilines is 1. The molecule has 8 heteroatoms. The lowest BCUT2D eigenvalue weighted by Gasteiger charge is -2.14. The lowest BCUT2D eigenvalue weighted by atomic mass is 10.0. The van der Waals surface area contributed by atoms with Crippen LogP contribution in [0, 0.1) is 5.82 Å². The van der Waals surface area contributed by atoms with Gasteiger partial charge >= 0.3 is 5.97 Å². The minimum atomic E-state index is -1.00. The number of carboxylic acids is 1. The molecule has 0 fully saturated rings. The highest BCUT2D eigenvalue weighted by atomic mass is 32.2. The predicted octanol–water partition coefficient (Wildman–Crippen LogP) is 3.48. The molecule has 1 amide bonds. The largest absolute Gasteiger partial charge is 0.478 e. The van der Waals surface area contributed by atoms with Gasteiger partial charge in [0.25, 0.3) is 0 Å². The summed E-state index contributed by atoms with van der Waals surface area (Å²) in [6.07, 6.45) is 1.61. The van der Waals surface area contributed by atoms with E-state index in [9.17, 15) is 14.0 Å². The fourth-order valence-electron chi connectivity index (χ4n) is 2.98. The van der Waals surface area contributed by atoms with Crippen molar-refractivity contribution < 1.29 is 19.1 Å². The third kappa shape index (κ3) is 3.19. The number of carbonyl (C=O) groups is 2. The van der Waals surface area contributed by atoms with Gasteiger partial charge in [0.1, 0.15) is 17.3 Å². The molecule has 1 atom stereocenters. The molecule has 0 spiro atoms. The molecule has 3 aromatic rings. The maximum absolute atomic E-state index is 14.2. The van der Waals surface area contributed by atoms with Crippen molar-refractivity contribution in [2.75, 3.05) is 11.1 Å². The van der Waals surface area contributed by atoms with Gasteiger partial charge in [-0.15, -0.1) is 11.8 Å². The molecule has 2 aromatic carbocycles. The van der Waals surface area contributed by atoms with Crippen molar-refractivity contribution in [3.05, 3.63) is 77.2 Å². The number of aromatic carboxylic acids is 1. The van der Waals surface area contributed by atoms with Crippen LogP contribution in [-0.2, 0) is 4.79 Å². The monoisotopic (exact) mass is 383 g/mol. The van der Waals surface area contributed by atoms with Gasteiger partial charge < -0.3 is 10.4 Å². The highest BCUT2D eigenvalue weighted by molar-refractivity contribution is 8.00. The van der Waals surface area contributed by atoms with Gasteiger partial charge in [-0.25, -0.2) is 13.9 Å². The van der Waals surface area contributed by atoms with E-state index in [0.29, 0.717) is 5.82 Å². The minimum Gasteiger partial charge on any atom is -0.478 e. The zero-order valence-corrected chi connectivity index (χ0v) is 14.7. The molecule has 0 bridgehead atoms. The Bertz CT molecular complexity index is 1030. The summed E-state index contributed by atoms with van der Waals surface area (Å²) in [7, 11) is 0. The van der Waals surface area contributed by atoms with Crippen LogP contribution in [0.25, 0.3) is 5.69 Å². The summed E-state index contributed by atoms with van der Waals surface area (Å²) < 4.78 is 15.6. The number of halogens is 1. The van der Waals surface area contributed by atoms with Gasteiger partial charge in [0.15, 0.2) is 0 Å². The van der Waals surface area contributed by atoms with Gasteiger partial charge in [0, 0.05) is 5.56 Å². The number of carboxylic acid groups (broad SMARTS) is 1. The SMILES string of the molecule is O=C1CSC(c2ccc(C(=O)O)cc2)c2cnn(-c3ccccc3F)c2N1. The molecule has 2 N–H and O–H groups in total. The number of nitrogens with one attached hydrogen (secondary N) is 1. The van der Waals surface area contributed by atoms with E-state index in [4.69, 9.17) is 5.11 Å². The molecule has 0 saturated carbocycles. The molecule has 1 aliphatic heterocycles. The fourth-order valence-corrected chi connectivity index (χ4v) is 4.07. The topological polar surface area (TPSA) is 84.2 Å². The van der Waals surface area contributed by atoms with Gasteiger partial charge in [-0.2, -0.15) is 5.10 Å². The number of benzene rings is 2. The third-order valence-corrected chi connectivity index (χ3v) is 5.55. The van der Waals surface area contributed by atoms with E-state index < -0.39 is 11.8 Å². The molecule has 0 aliphatic carbocycles. The van der Waals surface area contributed by atoms with Crippen molar-refractivity contribution in [3.63, 3.8) is 0 Å². The molecule has 1 aromatic heterocycles. The van der Waals surface area contributed by atoms with Crippen LogP contribution in [0.1, 0.15) is 26.7 Å². The second-order valence-corrected chi connectivity index (χ2v) is 7.07. The second-order valence-electron chi connectivity index (χ2n) is 5.98. The Labute approximate surface area is 158 Å². The molecule has 2 heterocycles. The Morgan fingerprint density at radius 3 is 2.67 bits per heavy atom. The third-order valence-electron chi connectivity index (χ3n) is 4.26. The quantitative estimate of drug-likeness (QED) is 0.723. The molecule has 1 aliphatic rings. The van der Waals surface area contributed by atoms with E-state index >= 15 is 0 Å². The zero-order chi connectivity index (χ0) is 19.0.